The average Bonchev–Trinajstić information content (AvgIpc) is 2.63. The Kier molecular flexibility index (Phi) is 4.55. The van der Waals surface area contributed by atoms with Crippen LogP contribution < -0.4 is 10.5 Å². The minimum atomic E-state index is -3.54. The SMILES string of the molecule is COc1ccc(S(=O)(=O)N2CCCCCC2C)c(N)c1. The van der Waals surface area contributed by atoms with Crippen molar-refractivity contribution in [1.82, 2.24) is 4.31 Å². The average molecular weight is 298 g/mol. The number of methoxy groups -OCH3 is 1. The number of hydrogen-bond donors (Lipinski definition) is 1. The van der Waals surface area contributed by atoms with E-state index in [0.717, 1.165) is 25.7 Å². The molecule has 1 aliphatic heterocycles. The molecular formula is C14H22N2O3S. The number of nitrogens with zero attached hydrogens (tertiary/aromatic N) is 1. The van der Waals surface area contributed by atoms with Crippen molar-refractivity contribution in [2.75, 3.05) is 19.4 Å². The van der Waals surface area contributed by atoms with Gasteiger partial charge in [0, 0.05) is 18.7 Å². The van der Waals surface area contributed by atoms with Gasteiger partial charge in [-0.3, -0.25) is 0 Å². The molecule has 1 saturated heterocycles. The molecule has 0 saturated carbocycles. The van der Waals surface area contributed by atoms with Crippen molar-refractivity contribution in [3.63, 3.8) is 0 Å². The van der Waals surface area contributed by atoms with Gasteiger partial charge in [-0.25, -0.2) is 8.42 Å². The van der Waals surface area contributed by atoms with Gasteiger partial charge in [-0.05, 0) is 31.9 Å². The van der Waals surface area contributed by atoms with Gasteiger partial charge in [0.25, 0.3) is 0 Å². The molecular weight excluding hydrogens is 276 g/mol. The second kappa shape index (κ2) is 6.01. The molecule has 112 valence electrons. The summed E-state index contributed by atoms with van der Waals surface area (Å²) >= 11 is 0. The van der Waals surface area contributed by atoms with Crippen LogP contribution >= 0.6 is 0 Å². The molecule has 2 N–H and O–H groups in total. The second-order valence-electron chi connectivity index (χ2n) is 5.22. The molecule has 1 atom stereocenters. The number of anilines is 1. The Labute approximate surface area is 120 Å². The Balaban J connectivity index is 2.38. The molecule has 1 heterocycles. The second-order valence-corrected chi connectivity index (χ2v) is 7.08. The molecule has 1 fully saturated rings. The monoisotopic (exact) mass is 298 g/mol. The van der Waals surface area contributed by atoms with Gasteiger partial charge in [0.1, 0.15) is 10.6 Å². The van der Waals surface area contributed by atoms with E-state index in [1.807, 2.05) is 6.92 Å². The minimum Gasteiger partial charge on any atom is -0.497 e. The fraction of sp³-hybridized carbons (Fsp3) is 0.571. The topological polar surface area (TPSA) is 72.6 Å². The first-order valence-electron chi connectivity index (χ1n) is 6.92. The van der Waals surface area contributed by atoms with Crippen molar-refractivity contribution in [1.29, 1.82) is 0 Å². The zero-order valence-corrected chi connectivity index (χ0v) is 12.8. The summed E-state index contributed by atoms with van der Waals surface area (Å²) in [5.74, 6) is 0.561. The third-order valence-corrected chi connectivity index (χ3v) is 5.88. The van der Waals surface area contributed by atoms with Crippen LogP contribution in [-0.4, -0.2) is 32.4 Å². The van der Waals surface area contributed by atoms with Crippen LogP contribution in [0.2, 0.25) is 0 Å². The molecule has 6 heteroatoms. The Morgan fingerprint density at radius 3 is 2.70 bits per heavy atom. The summed E-state index contributed by atoms with van der Waals surface area (Å²) in [6, 6.07) is 4.73. The molecule has 5 nitrogen and oxygen atoms in total. The lowest BCUT2D eigenvalue weighted by Gasteiger charge is -2.26. The molecule has 0 aromatic heterocycles. The van der Waals surface area contributed by atoms with Crippen molar-refractivity contribution < 1.29 is 13.2 Å². The Morgan fingerprint density at radius 2 is 2.05 bits per heavy atom. The third-order valence-electron chi connectivity index (χ3n) is 3.80. The van der Waals surface area contributed by atoms with Gasteiger partial charge < -0.3 is 10.5 Å². The van der Waals surface area contributed by atoms with Crippen molar-refractivity contribution in [3.8, 4) is 5.75 Å². The van der Waals surface area contributed by atoms with E-state index in [9.17, 15) is 8.42 Å². The zero-order chi connectivity index (χ0) is 14.8. The maximum atomic E-state index is 12.8. The van der Waals surface area contributed by atoms with Crippen molar-refractivity contribution in [3.05, 3.63) is 18.2 Å². The van der Waals surface area contributed by atoms with Crippen LogP contribution in [0.1, 0.15) is 32.6 Å². The van der Waals surface area contributed by atoms with E-state index in [2.05, 4.69) is 0 Å². The quantitative estimate of drug-likeness (QED) is 0.869. The van der Waals surface area contributed by atoms with Gasteiger partial charge in [-0.1, -0.05) is 12.8 Å². The molecule has 1 aromatic carbocycles. The fourth-order valence-corrected chi connectivity index (χ4v) is 4.42. The first kappa shape index (κ1) is 15.1. The van der Waals surface area contributed by atoms with Gasteiger partial charge in [0.15, 0.2) is 0 Å². The van der Waals surface area contributed by atoms with Gasteiger partial charge in [-0.2, -0.15) is 4.31 Å². The summed E-state index contributed by atoms with van der Waals surface area (Å²) in [5, 5.41) is 0. The van der Waals surface area contributed by atoms with E-state index in [-0.39, 0.29) is 16.6 Å². The number of nitrogens with two attached hydrogens (primary N) is 1. The van der Waals surface area contributed by atoms with Gasteiger partial charge in [0.2, 0.25) is 10.0 Å². The highest BCUT2D eigenvalue weighted by Gasteiger charge is 2.31. The van der Waals surface area contributed by atoms with Gasteiger partial charge >= 0.3 is 0 Å². The number of rotatable bonds is 3. The predicted octanol–water partition coefficient (Wildman–Crippen LogP) is 2.23. The summed E-state index contributed by atoms with van der Waals surface area (Å²) in [5.41, 5.74) is 6.13. The maximum absolute atomic E-state index is 12.8. The fourth-order valence-electron chi connectivity index (χ4n) is 2.62. The number of sulfonamides is 1. The lowest BCUT2D eigenvalue weighted by atomic mass is 10.1. The summed E-state index contributed by atoms with van der Waals surface area (Å²) in [6.45, 7) is 2.53. The van der Waals surface area contributed by atoms with E-state index in [0.29, 0.717) is 12.3 Å². The van der Waals surface area contributed by atoms with E-state index in [1.54, 1.807) is 16.4 Å². The van der Waals surface area contributed by atoms with E-state index in [4.69, 9.17) is 10.5 Å². The van der Waals surface area contributed by atoms with E-state index < -0.39 is 10.0 Å². The van der Waals surface area contributed by atoms with Gasteiger partial charge in [-0.15, -0.1) is 0 Å². The summed E-state index contributed by atoms with van der Waals surface area (Å²) in [7, 11) is -2.01. The highest BCUT2D eigenvalue weighted by atomic mass is 32.2. The van der Waals surface area contributed by atoms with Crippen molar-refractivity contribution >= 4 is 15.7 Å². The van der Waals surface area contributed by atoms with Crippen LogP contribution in [0.4, 0.5) is 5.69 Å². The van der Waals surface area contributed by atoms with Crippen LogP contribution in [0.5, 0.6) is 5.75 Å². The van der Waals surface area contributed by atoms with Crippen LogP contribution in [-0.2, 0) is 10.0 Å². The molecule has 0 radical (unpaired) electrons. The molecule has 20 heavy (non-hydrogen) atoms. The summed E-state index contributed by atoms with van der Waals surface area (Å²) < 4.78 is 32.2. The van der Waals surface area contributed by atoms with Crippen molar-refractivity contribution in [2.45, 2.75) is 43.5 Å². The summed E-state index contributed by atoms with van der Waals surface area (Å²) in [4.78, 5) is 0.173. The molecule has 2 rings (SSSR count). The lowest BCUT2D eigenvalue weighted by molar-refractivity contribution is 0.342. The van der Waals surface area contributed by atoms with Crippen LogP contribution in [0, 0.1) is 0 Å². The largest absolute Gasteiger partial charge is 0.497 e. The highest BCUT2D eigenvalue weighted by Crippen LogP contribution is 2.29. The molecule has 0 spiro atoms. The predicted molar refractivity (Wildman–Crippen MR) is 79.2 cm³/mol. The Hall–Kier alpha value is -1.27. The van der Waals surface area contributed by atoms with Crippen LogP contribution in [0.3, 0.4) is 0 Å². The van der Waals surface area contributed by atoms with E-state index >= 15 is 0 Å². The molecule has 1 aliphatic rings. The number of ether oxygens (including phenoxy) is 1. The number of benzene rings is 1. The smallest absolute Gasteiger partial charge is 0.245 e. The Bertz CT molecular complexity index is 572. The Morgan fingerprint density at radius 1 is 1.30 bits per heavy atom. The first-order valence-corrected chi connectivity index (χ1v) is 8.36. The molecule has 1 unspecified atom stereocenters. The van der Waals surface area contributed by atoms with E-state index in [1.165, 1.54) is 13.2 Å². The van der Waals surface area contributed by atoms with Gasteiger partial charge in [0.05, 0.1) is 12.8 Å². The zero-order valence-electron chi connectivity index (χ0n) is 12.0. The molecule has 0 amide bonds. The van der Waals surface area contributed by atoms with Crippen LogP contribution in [0.25, 0.3) is 0 Å². The number of hydrogen-bond acceptors (Lipinski definition) is 4. The third kappa shape index (κ3) is 2.91. The molecule has 1 aromatic rings. The van der Waals surface area contributed by atoms with Crippen molar-refractivity contribution in [2.24, 2.45) is 0 Å². The number of nitrogen functional groups attached to an aromatic ring is 1. The van der Waals surface area contributed by atoms with Crippen LogP contribution in [0.15, 0.2) is 23.1 Å². The summed E-state index contributed by atoms with van der Waals surface area (Å²) in [6.07, 6.45) is 3.95. The maximum Gasteiger partial charge on any atom is 0.245 e. The highest BCUT2D eigenvalue weighted by molar-refractivity contribution is 7.89. The standard InChI is InChI=1S/C14H22N2O3S/c1-11-6-4-3-5-9-16(11)20(17,18)14-8-7-12(19-2)10-13(14)15/h7-8,10-11H,3-6,9,15H2,1-2H3. The molecule has 0 aliphatic carbocycles. The molecule has 0 bridgehead atoms. The lowest BCUT2D eigenvalue weighted by Crippen LogP contribution is -2.38. The normalized spacial score (nSPS) is 21.4. The first-order chi connectivity index (χ1) is 9.46. The minimum absolute atomic E-state index is 0.0176.